The average Bonchev–Trinajstić information content (AvgIpc) is 2.46. The van der Waals surface area contributed by atoms with Gasteiger partial charge in [0.05, 0.1) is 12.5 Å². The van der Waals surface area contributed by atoms with Gasteiger partial charge in [0.2, 0.25) is 11.8 Å². The molecule has 1 fully saturated rings. The van der Waals surface area contributed by atoms with Crippen LogP contribution in [-0.2, 0) is 14.4 Å². The highest BCUT2D eigenvalue weighted by Crippen LogP contribution is 2.17. The Morgan fingerprint density at radius 2 is 2.19 bits per heavy atom. The van der Waals surface area contributed by atoms with Crippen LogP contribution in [0.3, 0.4) is 0 Å². The van der Waals surface area contributed by atoms with Crippen molar-refractivity contribution in [3.8, 4) is 0 Å². The van der Waals surface area contributed by atoms with Crippen molar-refractivity contribution in [2.24, 2.45) is 5.92 Å². The molecule has 1 aliphatic heterocycles. The van der Waals surface area contributed by atoms with Gasteiger partial charge >= 0.3 is 5.97 Å². The normalized spacial score (nSPS) is 20.3. The molecule has 16 heavy (non-hydrogen) atoms. The lowest BCUT2D eigenvalue weighted by molar-refractivity contribution is -0.141. The SMILES string of the molecule is CC(C)NC(=O)CN1CC(C(=O)O)CC1=O. The van der Waals surface area contributed by atoms with E-state index >= 15 is 0 Å². The van der Waals surface area contributed by atoms with Crippen LogP contribution in [0.15, 0.2) is 0 Å². The fourth-order valence-corrected chi connectivity index (χ4v) is 1.63. The molecule has 0 radical (unpaired) electrons. The Hall–Kier alpha value is -1.59. The maximum atomic E-state index is 11.4. The molecule has 1 atom stereocenters. The molecule has 0 aromatic rings. The zero-order valence-electron chi connectivity index (χ0n) is 9.40. The number of carbonyl (C=O) groups excluding carboxylic acids is 2. The summed E-state index contributed by atoms with van der Waals surface area (Å²) in [6.07, 6.45) is -0.00963. The van der Waals surface area contributed by atoms with Crippen molar-refractivity contribution in [3.05, 3.63) is 0 Å². The van der Waals surface area contributed by atoms with Gasteiger partial charge in [0.15, 0.2) is 0 Å². The van der Waals surface area contributed by atoms with Crippen LogP contribution in [0.25, 0.3) is 0 Å². The number of rotatable bonds is 4. The van der Waals surface area contributed by atoms with Gasteiger partial charge in [-0.25, -0.2) is 0 Å². The van der Waals surface area contributed by atoms with Crippen molar-refractivity contribution in [2.75, 3.05) is 13.1 Å². The Labute approximate surface area is 93.6 Å². The third kappa shape index (κ3) is 3.22. The standard InChI is InChI=1S/C10H16N2O4/c1-6(2)11-8(13)5-12-4-7(10(15)16)3-9(12)14/h6-7H,3-5H2,1-2H3,(H,11,13)(H,15,16). The maximum absolute atomic E-state index is 11.4. The van der Waals surface area contributed by atoms with Gasteiger partial charge in [0.1, 0.15) is 0 Å². The molecule has 0 aromatic carbocycles. The third-order valence-corrected chi connectivity index (χ3v) is 2.35. The Bertz CT molecular complexity index is 314. The largest absolute Gasteiger partial charge is 0.481 e. The molecule has 6 heteroatoms. The zero-order chi connectivity index (χ0) is 12.3. The number of nitrogens with one attached hydrogen (secondary N) is 1. The van der Waals surface area contributed by atoms with Gasteiger partial charge in [-0.2, -0.15) is 0 Å². The number of carboxylic acid groups (broad SMARTS) is 1. The molecule has 2 N–H and O–H groups in total. The van der Waals surface area contributed by atoms with E-state index in [0.717, 1.165) is 0 Å². The van der Waals surface area contributed by atoms with Crippen molar-refractivity contribution in [1.29, 1.82) is 0 Å². The van der Waals surface area contributed by atoms with Crippen molar-refractivity contribution in [2.45, 2.75) is 26.3 Å². The molecular formula is C10H16N2O4. The quantitative estimate of drug-likeness (QED) is 0.675. The molecule has 1 rings (SSSR count). The number of hydrogen-bond donors (Lipinski definition) is 2. The predicted molar refractivity (Wildman–Crippen MR) is 55.6 cm³/mol. The predicted octanol–water partition coefficient (Wildman–Crippen LogP) is -0.556. The topological polar surface area (TPSA) is 86.7 Å². The highest BCUT2D eigenvalue weighted by Gasteiger charge is 2.34. The molecule has 0 spiro atoms. The molecule has 1 unspecified atom stereocenters. The van der Waals surface area contributed by atoms with Gasteiger partial charge in [-0.1, -0.05) is 0 Å². The minimum atomic E-state index is -0.986. The summed E-state index contributed by atoms with van der Waals surface area (Å²) in [6, 6.07) is 0.0143. The minimum absolute atomic E-state index is 0.00963. The summed E-state index contributed by atoms with van der Waals surface area (Å²) in [7, 11) is 0. The Morgan fingerprint density at radius 1 is 1.56 bits per heavy atom. The molecular weight excluding hydrogens is 212 g/mol. The number of likely N-dealkylation sites (tertiary alicyclic amines) is 1. The average molecular weight is 228 g/mol. The number of carbonyl (C=O) groups is 3. The number of carboxylic acids is 1. The molecule has 0 aromatic heterocycles. The summed E-state index contributed by atoms with van der Waals surface area (Å²) in [5.41, 5.74) is 0. The van der Waals surface area contributed by atoms with Gasteiger partial charge in [0.25, 0.3) is 0 Å². The highest BCUT2D eigenvalue weighted by atomic mass is 16.4. The summed E-state index contributed by atoms with van der Waals surface area (Å²) >= 11 is 0. The first-order valence-electron chi connectivity index (χ1n) is 5.20. The lowest BCUT2D eigenvalue weighted by Crippen LogP contribution is -2.40. The molecule has 1 saturated heterocycles. The molecule has 0 bridgehead atoms. The van der Waals surface area contributed by atoms with Crippen LogP contribution in [0.2, 0.25) is 0 Å². The van der Waals surface area contributed by atoms with E-state index in [1.54, 1.807) is 0 Å². The Balaban J connectivity index is 2.47. The summed E-state index contributed by atoms with van der Waals surface area (Å²) in [5.74, 6) is -2.19. The maximum Gasteiger partial charge on any atom is 0.308 e. The van der Waals surface area contributed by atoms with Crippen LogP contribution in [0.5, 0.6) is 0 Å². The van der Waals surface area contributed by atoms with E-state index in [4.69, 9.17) is 5.11 Å². The molecule has 90 valence electrons. The molecule has 6 nitrogen and oxygen atoms in total. The molecule has 0 aliphatic carbocycles. The lowest BCUT2D eigenvalue weighted by Gasteiger charge is -2.16. The van der Waals surface area contributed by atoms with Gasteiger partial charge in [-0.3, -0.25) is 14.4 Å². The third-order valence-electron chi connectivity index (χ3n) is 2.35. The summed E-state index contributed by atoms with van der Waals surface area (Å²) in [5, 5.41) is 11.4. The van der Waals surface area contributed by atoms with Crippen LogP contribution in [0, 0.1) is 5.92 Å². The summed E-state index contributed by atoms with van der Waals surface area (Å²) in [4.78, 5) is 34.7. The van der Waals surface area contributed by atoms with Crippen LogP contribution in [0.1, 0.15) is 20.3 Å². The van der Waals surface area contributed by atoms with Crippen molar-refractivity contribution in [1.82, 2.24) is 10.2 Å². The van der Waals surface area contributed by atoms with Crippen LogP contribution in [0.4, 0.5) is 0 Å². The first-order valence-corrected chi connectivity index (χ1v) is 5.20. The fraction of sp³-hybridized carbons (Fsp3) is 0.700. The number of amides is 2. The van der Waals surface area contributed by atoms with Crippen LogP contribution >= 0.6 is 0 Å². The van der Waals surface area contributed by atoms with E-state index < -0.39 is 11.9 Å². The van der Waals surface area contributed by atoms with Crippen molar-refractivity contribution in [3.63, 3.8) is 0 Å². The molecule has 0 saturated carbocycles. The van der Waals surface area contributed by atoms with E-state index in [1.807, 2.05) is 13.8 Å². The van der Waals surface area contributed by atoms with Gasteiger partial charge in [0, 0.05) is 19.0 Å². The van der Waals surface area contributed by atoms with Gasteiger partial charge in [-0.05, 0) is 13.8 Å². The second-order valence-corrected chi connectivity index (χ2v) is 4.24. The van der Waals surface area contributed by atoms with E-state index in [2.05, 4.69) is 5.32 Å². The van der Waals surface area contributed by atoms with Crippen LogP contribution in [-0.4, -0.2) is 46.9 Å². The summed E-state index contributed by atoms with van der Waals surface area (Å²) in [6.45, 7) is 3.72. The van der Waals surface area contributed by atoms with Crippen LogP contribution < -0.4 is 5.32 Å². The summed E-state index contributed by atoms with van der Waals surface area (Å²) < 4.78 is 0. The van der Waals surface area contributed by atoms with Gasteiger partial charge in [-0.15, -0.1) is 0 Å². The Morgan fingerprint density at radius 3 is 2.62 bits per heavy atom. The van der Waals surface area contributed by atoms with E-state index in [9.17, 15) is 14.4 Å². The van der Waals surface area contributed by atoms with E-state index in [0.29, 0.717) is 0 Å². The number of nitrogens with zero attached hydrogens (tertiary/aromatic N) is 1. The van der Waals surface area contributed by atoms with Gasteiger partial charge < -0.3 is 15.3 Å². The highest BCUT2D eigenvalue weighted by molar-refractivity contribution is 5.89. The second kappa shape index (κ2) is 4.96. The molecule has 1 aliphatic rings. The lowest BCUT2D eigenvalue weighted by atomic mass is 10.1. The van der Waals surface area contributed by atoms with Crippen molar-refractivity contribution < 1.29 is 19.5 Å². The molecule has 2 amide bonds. The monoisotopic (exact) mass is 228 g/mol. The molecule has 1 heterocycles. The minimum Gasteiger partial charge on any atom is -0.481 e. The second-order valence-electron chi connectivity index (χ2n) is 4.24. The van der Waals surface area contributed by atoms with E-state index in [1.165, 1.54) is 4.90 Å². The smallest absolute Gasteiger partial charge is 0.308 e. The Kier molecular flexibility index (Phi) is 3.87. The van der Waals surface area contributed by atoms with E-state index in [-0.39, 0.29) is 37.4 Å². The number of hydrogen-bond acceptors (Lipinski definition) is 3. The zero-order valence-corrected chi connectivity index (χ0v) is 9.40. The van der Waals surface area contributed by atoms with Crippen molar-refractivity contribution >= 4 is 17.8 Å². The number of aliphatic carboxylic acids is 1. The first-order chi connectivity index (χ1) is 7.40. The first kappa shape index (κ1) is 12.5. The fourth-order valence-electron chi connectivity index (χ4n) is 1.63.